The predicted molar refractivity (Wildman–Crippen MR) is 63.2 cm³/mol. The van der Waals surface area contributed by atoms with Gasteiger partial charge in [-0.25, -0.2) is 8.42 Å². The monoisotopic (exact) mass is 252 g/mol. The molecule has 0 bridgehead atoms. The lowest BCUT2D eigenvalue weighted by molar-refractivity contribution is 0.393. The Hall–Kier alpha value is -1.82. The highest BCUT2D eigenvalue weighted by atomic mass is 32.2. The molecule has 0 aliphatic carbocycles. The van der Waals surface area contributed by atoms with Crippen LogP contribution in [0, 0.1) is 13.8 Å². The van der Waals surface area contributed by atoms with E-state index < -0.39 is 10.0 Å². The fourth-order valence-electron chi connectivity index (χ4n) is 1.42. The first-order valence-corrected chi connectivity index (χ1v) is 6.50. The van der Waals surface area contributed by atoms with E-state index in [1.165, 1.54) is 12.1 Å². The molecule has 0 unspecified atom stereocenters. The van der Waals surface area contributed by atoms with E-state index in [0.29, 0.717) is 17.1 Å². The van der Waals surface area contributed by atoms with Gasteiger partial charge in [0.2, 0.25) is 0 Å². The molecule has 1 heterocycles. The van der Waals surface area contributed by atoms with E-state index in [-0.39, 0.29) is 4.90 Å². The Balaban J connectivity index is 2.37. The van der Waals surface area contributed by atoms with Gasteiger partial charge in [0, 0.05) is 0 Å². The second-order valence-electron chi connectivity index (χ2n) is 3.62. The van der Waals surface area contributed by atoms with Crippen LogP contribution < -0.4 is 4.72 Å². The molecule has 0 saturated carbocycles. The Morgan fingerprint density at radius 2 is 1.82 bits per heavy atom. The lowest BCUT2D eigenvalue weighted by atomic mass is 10.3. The van der Waals surface area contributed by atoms with Crippen LogP contribution in [0.15, 0.2) is 39.8 Å². The van der Waals surface area contributed by atoms with Crippen molar-refractivity contribution in [1.82, 2.24) is 5.16 Å². The van der Waals surface area contributed by atoms with Gasteiger partial charge in [0.1, 0.15) is 11.4 Å². The van der Waals surface area contributed by atoms with Crippen molar-refractivity contribution in [2.75, 3.05) is 4.72 Å². The summed E-state index contributed by atoms with van der Waals surface area (Å²) in [6, 6.07) is 8.15. The van der Waals surface area contributed by atoms with E-state index in [2.05, 4.69) is 9.88 Å². The number of hydrogen-bond donors (Lipinski definition) is 1. The Labute approximate surface area is 99.5 Å². The molecular weight excluding hydrogens is 240 g/mol. The number of aromatic nitrogens is 1. The third-order valence-corrected chi connectivity index (χ3v) is 3.69. The molecule has 2 aromatic rings. The fourth-order valence-corrected chi connectivity index (χ4v) is 2.62. The van der Waals surface area contributed by atoms with Crippen molar-refractivity contribution in [2.45, 2.75) is 18.7 Å². The van der Waals surface area contributed by atoms with Crippen molar-refractivity contribution in [2.24, 2.45) is 0 Å². The van der Waals surface area contributed by atoms with E-state index >= 15 is 0 Å². The van der Waals surface area contributed by atoms with Gasteiger partial charge < -0.3 is 4.52 Å². The van der Waals surface area contributed by atoms with E-state index in [1.54, 1.807) is 32.0 Å². The van der Waals surface area contributed by atoms with Crippen LogP contribution in [0.1, 0.15) is 11.5 Å². The molecule has 0 atom stereocenters. The molecule has 0 saturated heterocycles. The summed E-state index contributed by atoms with van der Waals surface area (Å²) in [4.78, 5) is 0.208. The fraction of sp³-hybridized carbons (Fsp3) is 0.182. The third-order valence-electron chi connectivity index (χ3n) is 2.32. The molecule has 0 spiro atoms. The minimum absolute atomic E-state index is 0.208. The van der Waals surface area contributed by atoms with Gasteiger partial charge in [-0.05, 0) is 26.0 Å². The van der Waals surface area contributed by atoms with Gasteiger partial charge in [-0.3, -0.25) is 4.72 Å². The van der Waals surface area contributed by atoms with Gasteiger partial charge in [-0.15, -0.1) is 0 Å². The van der Waals surface area contributed by atoms with Crippen LogP contribution in [0.5, 0.6) is 0 Å². The van der Waals surface area contributed by atoms with Crippen LogP contribution in [0.25, 0.3) is 0 Å². The minimum atomic E-state index is -3.58. The first kappa shape index (κ1) is 11.7. The van der Waals surface area contributed by atoms with Gasteiger partial charge in [0.05, 0.1) is 4.90 Å². The summed E-state index contributed by atoms with van der Waals surface area (Å²) in [5, 5.41) is 3.69. The summed E-state index contributed by atoms with van der Waals surface area (Å²) in [6.45, 7) is 3.34. The van der Waals surface area contributed by atoms with Crippen molar-refractivity contribution < 1.29 is 12.9 Å². The second-order valence-corrected chi connectivity index (χ2v) is 5.30. The average Bonchev–Trinajstić information content (AvgIpc) is 2.62. The lowest BCUT2D eigenvalue weighted by Gasteiger charge is -2.06. The van der Waals surface area contributed by atoms with Crippen LogP contribution in [-0.4, -0.2) is 13.6 Å². The van der Waals surface area contributed by atoms with Crippen LogP contribution in [-0.2, 0) is 10.0 Å². The Morgan fingerprint density at radius 1 is 1.18 bits per heavy atom. The summed E-state index contributed by atoms with van der Waals surface area (Å²) in [7, 11) is -3.58. The molecule has 0 radical (unpaired) electrons. The lowest BCUT2D eigenvalue weighted by Crippen LogP contribution is -2.13. The van der Waals surface area contributed by atoms with E-state index in [0.717, 1.165) is 0 Å². The number of hydrogen-bond acceptors (Lipinski definition) is 4. The van der Waals surface area contributed by atoms with Gasteiger partial charge in [-0.1, -0.05) is 23.4 Å². The van der Waals surface area contributed by atoms with Crippen molar-refractivity contribution in [1.29, 1.82) is 0 Å². The molecular formula is C11H12N2O3S. The number of sulfonamides is 1. The topological polar surface area (TPSA) is 72.2 Å². The largest absolute Gasteiger partial charge is 0.359 e. The Kier molecular flexibility index (Phi) is 2.89. The molecule has 0 fully saturated rings. The Morgan fingerprint density at radius 3 is 2.35 bits per heavy atom. The zero-order valence-electron chi connectivity index (χ0n) is 9.47. The van der Waals surface area contributed by atoms with Crippen molar-refractivity contribution >= 4 is 15.7 Å². The summed E-state index contributed by atoms with van der Waals surface area (Å²) < 4.78 is 31.4. The predicted octanol–water partition coefficient (Wildman–Crippen LogP) is 2.09. The summed E-state index contributed by atoms with van der Waals surface area (Å²) in [5.41, 5.74) is 0.913. The number of nitrogens with zero attached hydrogens (tertiary/aromatic N) is 1. The van der Waals surface area contributed by atoms with Crippen LogP contribution >= 0.6 is 0 Å². The smallest absolute Gasteiger partial charge is 0.262 e. The van der Waals surface area contributed by atoms with Crippen molar-refractivity contribution in [3.8, 4) is 0 Å². The van der Waals surface area contributed by atoms with Gasteiger partial charge >= 0.3 is 0 Å². The Bertz CT molecular complexity index is 598. The third kappa shape index (κ3) is 2.31. The molecule has 6 heteroatoms. The maximum Gasteiger partial charge on any atom is 0.262 e. The van der Waals surface area contributed by atoms with E-state index in [4.69, 9.17) is 4.52 Å². The van der Waals surface area contributed by atoms with E-state index in [1.807, 2.05) is 0 Å². The standard InChI is InChI=1S/C11H12N2O3S/c1-8-11(9(2)16-12-8)13-17(14,15)10-6-4-3-5-7-10/h3-7,13H,1-2H3. The quantitative estimate of drug-likeness (QED) is 0.907. The summed E-state index contributed by atoms with van der Waals surface area (Å²) in [6.07, 6.45) is 0. The first-order chi connectivity index (χ1) is 8.00. The van der Waals surface area contributed by atoms with Crippen LogP contribution in [0.3, 0.4) is 0 Å². The van der Waals surface area contributed by atoms with Crippen molar-refractivity contribution in [3.63, 3.8) is 0 Å². The molecule has 90 valence electrons. The molecule has 2 rings (SSSR count). The number of benzene rings is 1. The highest BCUT2D eigenvalue weighted by Crippen LogP contribution is 2.22. The van der Waals surface area contributed by atoms with E-state index in [9.17, 15) is 8.42 Å². The number of rotatable bonds is 3. The van der Waals surface area contributed by atoms with Gasteiger partial charge in [-0.2, -0.15) is 0 Å². The average molecular weight is 252 g/mol. The second kappa shape index (κ2) is 4.21. The van der Waals surface area contributed by atoms with Gasteiger partial charge in [0.15, 0.2) is 5.76 Å². The van der Waals surface area contributed by atoms with Crippen molar-refractivity contribution in [3.05, 3.63) is 41.8 Å². The molecule has 0 amide bonds. The molecule has 0 aliphatic heterocycles. The number of anilines is 1. The SMILES string of the molecule is Cc1noc(C)c1NS(=O)(=O)c1ccccc1. The maximum absolute atomic E-state index is 12.0. The molecule has 1 aromatic heterocycles. The first-order valence-electron chi connectivity index (χ1n) is 5.01. The summed E-state index contributed by atoms with van der Waals surface area (Å²) >= 11 is 0. The molecule has 17 heavy (non-hydrogen) atoms. The molecule has 1 aromatic carbocycles. The number of aryl methyl sites for hydroxylation is 2. The molecule has 5 nitrogen and oxygen atoms in total. The molecule has 0 aliphatic rings. The van der Waals surface area contributed by atoms with Gasteiger partial charge in [0.25, 0.3) is 10.0 Å². The van der Waals surface area contributed by atoms with Crippen LogP contribution in [0.2, 0.25) is 0 Å². The number of nitrogens with one attached hydrogen (secondary N) is 1. The highest BCUT2D eigenvalue weighted by molar-refractivity contribution is 7.92. The van der Waals surface area contributed by atoms with Crippen LogP contribution in [0.4, 0.5) is 5.69 Å². The maximum atomic E-state index is 12.0. The zero-order chi connectivity index (χ0) is 12.5. The zero-order valence-corrected chi connectivity index (χ0v) is 10.3. The summed E-state index contributed by atoms with van der Waals surface area (Å²) in [5.74, 6) is 0.446. The highest BCUT2D eigenvalue weighted by Gasteiger charge is 2.18. The minimum Gasteiger partial charge on any atom is -0.359 e. The normalized spacial score (nSPS) is 11.4. The molecule has 1 N–H and O–H groups in total.